The van der Waals surface area contributed by atoms with Gasteiger partial charge in [-0.25, -0.2) is 4.68 Å². The summed E-state index contributed by atoms with van der Waals surface area (Å²) in [7, 11) is 0. The Balaban J connectivity index is 2.29. The van der Waals surface area contributed by atoms with Crippen LogP contribution in [0.5, 0.6) is 0 Å². The van der Waals surface area contributed by atoms with E-state index >= 15 is 0 Å². The molecule has 1 aromatic carbocycles. The highest BCUT2D eigenvalue weighted by Crippen LogP contribution is 2.26. The Morgan fingerprint density at radius 3 is 2.71 bits per heavy atom. The lowest BCUT2D eigenvalue weighted by Gasteiger charge is -2.11. The molecule has 0 aliphatic rings. The number of aryl methyl sites for hydroxylation is 1. The van der Waals surface area contributed by atoms with E-state index in [0.717, 1.165) is 16.8 Å². The predicted octanol–water partition coefficient (Wildman–Crippen LogP) is 2.82. The molecule has 0 saturated heterocycles. The van der Waals surface area contributed by atoms with Crippen LogP contribution in [0.25, 0.3) is 16.9 Å². The SMILES string of the molecule is Cc1cccc(-n2nnc(C#N)c2-c2cccnc2)c1C. The molecule has 0 aliphatic heterocycles. The minimum atomic E-state index is 0.295. The summed E-state index contributed by atoms with van der Waals surface area (Å²) >= 11 is 0. The number of pyridine rings is 1. The van der Waals surface area contributed by atoms with Gasteiger partial charge >= 0.3 is 0 Å². The number of aromatic nitrogens is 4. The fraction of sp³-hybridized carbons (Fsp3) is 0.125. The van der Waals surface area contributed by atoms with Crippen molar-refractivity contribution in [3.8, 4) is 23.0 Å². The van der Waals surface area contributed by atoms with Crippen LogP contribution in [-0.4, -0.2) is 20.0 Å². The third-order valence-corrected chi connectivity index (χ3v) is 3.52. The molecule has 0 radical (unpaired) electrons. The second-order valence-corrected chi connectivity index (χ2v) is 4.77. The number of nitrogens with zero attached hydrogens (tertiary/aromatic N) is 5. The largest absolute Gasteiger partial charge is 0.264 e. The molecule has 21 heavy (non-hydrogen) atoms. The van der Waals surface area contributed by atoms with Crippen molar-refractivity contribution in [1.29, 1.82) is 5.26 Å². The lowest BCUT2D eigenvalue weighted by Crippen LogP contribution is -2.03. The molecule has 0 amide bonds. The summed E-state index contributed by atoms with van der Waals surface area (Å²) in [4.78, 5) is 4.11. The van der Waals surface area contributed by atoms with Gasteiger partial charge in [0.1, 0.15) is 11.8 Å². The molecule has 102 valence electrons. The molecule has 0 spiro atoms. The van der Waals surface area contributed by atoms with E-state index in [0.29, 0.717) is 11.4 Å². The fourth-order valence-corrected chi connectivity index (χ4v) is 2.25. The van der Waals surface area contributed by atoms with Crippen molar-refractivity contribution >= 4 is 0 Å². The Morgan fingerprint density at radius 2 is 2.00 bits per heavy atom. The van der Waals surface area contributed by atoms with E-state index in [1.807, 2.05) is 44.2 Å². The molecule has 2 heterocycles. The zero-order chi connectivity index (χ0) is 14.8. The van der Waals surface area contributed by atoms with E-state index in [1.165, 1.54) is 5.56 Å². The van der Waals surface area contributed by atoms with Crippen molar-refractivity contribution in [2.24, 2.45) is 0 Å². The van der Waals surface area contributed by atoms with Crippen LogP contribution in [0.1, 0.15) is 16.8 Å². The van der Waals surface area contributed by atoms with Gasteiger partial charge in [0.25, 0.3) is 0 Å². The third kappa shape index (κ3) is 2.17. The molecule has 0 bridgehead atoms. The second kappa shape index (κ2) is 5.17. The van der Waals surface area contributed by atoms with E-state index in [4.69, 9.17) is 0 Å². The van der Waals surface area contributed by atoms with Crippen molar-refractivity contribution in [3.63, 3.8) is 0 Å². The summed E-state index contributed by atoms with van der Waals surface area (Å²) in [6.07, 6.45) is 3.41. The standard InChI is InChI=1S/C16H13N5/c1-11-5-3-7-15(12(11)2)21-16(14(9-17)19-20-21)13-6-4-8-18-10-13/h3-8,10H,1-2H3. The Bertz CT molecular complexity index is 828. The van der Waals surface area contributed by atoms with Gasteiger partial charge in [0.05, 0.1) is 5.69 Å². The maximum absolute atomic E-state index is 9.28. The monoisotopic (exact) mass is 275 g/mol. The number of benzene rings is 1. The average molecular weight is 275 g/mol. The van der Waals surface area contributed by atoms with Gasteiger partial charge in [-0.3, -0.25) is 4.98 Å². The summed E-state index contributed by atoms with van der Waals surface area (Å²) in [5, 5.41) is 17.4. The third-order valence-electron chi connectivity index (χ3n) is 3.52. The van der Waals surface area contributed by atoms with Crippen LogP contribution in [0.2, 0.25) is 0 Å². The van der Waals surface area contributed by atoms with E-state index in [9.17, 15) is 5.26 Å². The smallest absolute Gasteiger partial charge is 0.191 e. The summed E-state index contributed by atoms with van der Waals surface area (Å²) < 4.78 is 1.71. The molecule has 0 atom stereocenters. The minimum absolute atomic E-state index is 0.295. The molecule has 2 aromatic heterocycles. The number of rotatable bonds is 2. The van der Waals surface area contributed by atoms with Crippen molar-refractivity contribution in [1.82, 2.24) is 20.0 Å². The van der Waals surface area contributed by atoms with Crippen LogP contribution in [0.15, 0.2) is 42.7 Å². The lowest BCUT2D eigenvalue weighted by atomic mass is 10.1. The van der Waals surface area contributed by atoms with Crippen LogP contribution < -0.4 is 0 Å². The van der Waals surface area contributed by atoms with Gasteiger partial charge in [-0.15, -0.1) is 5.10 Å². The summed E-state index contributed by atoms with van der Waals surface area (Å²) in [5.74, 6) is 0. The lowest BCUT2D eigenvalue weighted by molar-refractivity contribution is 0.800. The normalized spacial score (nSPS) is 10.3. The highest BCUT2D eigenvalue weighted by Gasteiger charge is 2.17. The molecule has 0 aliphatic carbocycles. The van der Waals surface area contributed by atoms with Crippen molar-refractivity contribution in [2.75, 3.05) is 0 Å². The zero-order valence-electron chi connectivity index (χ0n) is 11.8. The van der Waals surface area contributed by atoms with Gasteiger partial charge in [-0.2, -0.15) is 5.26 Å². The van der Waals surface area contributed by atoms with Crippen molar-refractivity contribution < 1.29 is 0 Å². The molecule has 5 heteroatoms. The summed E-state index contributed by atoms with van der Waals surface area (Å²) in [6, 6.07) is 11.8. The maximum Gasteiger partial charge on any atom is 0.191 e. The Morgan fingerprint density at radius 1 is 1.14 bits per heavy atom. The molecular formula is C16H13N5. The van der Waals surface area contributed by atoms with Gasteiger partial charge in [0.15, 0.2) is 5.69 Å². The van der Waals surface area contributed by atoms with Gasteiger partial charge in [0.2, 0.25) is 0 Å². The zero-order valence-corrected chi connectivity index (χ0v) is 11.8. The molecule has 3 rings (SSSR count). The van der Waals surface area contributed by atoms with Crippen molar-refractivity contribution in [2.45, 2.75) is 13.8 Å². The van der Waals surface area contributed by atoms with Crippen LogP contribution >= 0.6 is 0 Å². The molecule has 0 unspecified atom stereocenters. The van der Waals surface area contributed by atoms with Gasteiger partial charge in [-0.05, 0) is 43.2 Å². The number of hydrogen-bond acceptors (Lipinski definition) is 4. The fourth-order valence-electron chi connectivity index (χ4n) is 2.25. The first-order valence-corrected chi connectivity index (χ1v) is 6.55. The molecule has 3 aromatic rings. The number of nitriles is 1. The first-order valence-electron chi connectivity index (χ1n) is 6.55. The quantitative estimate of drug-likeness (QED) is 0.721. The van der Waals surface area contributed by atoms with E-state index < -0.39 is 0 Å². The first-order chi connectivity index (χ1) is 10.2. The van der Waals surface area contributed by atoms with E-state index in [-0.39, 0.29) is 0 Å². The molecule has 0 N–H and O–H groups in total. The van der Waals surface area contributed by atoms with Crippen LogP contribution in [0.4, 0.5) is 0 Å². The molecule has 5 nitrogen and oxygen atoms in total. The number of hydrogen-bond donors (Lipinski definition) is 0. The summed E-state index contributed by atoms with van der Waals surface area (Å²) in [5.41, 5.74) is 4.97. The molecule has 0 saturated carbocycles. The van der Waals surface area contributed by atoms with Crippen LogP contribution in [-0.2, 0) is 0 Å². The van der Waals surface area contributed by atoms with Crippen LogP contribution in [0.3, 0.4) is 0 Å². The van der Waals surface area contributed by atoms with E-state index in [2.05, 4.69) is 21.4 Å². The second-order valence-electron chi connectivity index (χ2n) is 4.77. The van der Waals surface area contributed by atoms with Gasteiger partial charge in [-0.1, -0.05) is 17.3 Å². The highest BCUT2D eigenvalue weighted by molar-refractivity contribution is 5.66. The van der Waals surface area contributed by atoms with Crippen molar-refractivity contribution in [3.05, 3.63) is 59.5 Å². The van der Waals surface area contributed by atoms with Gasteiger partial charge < -0.3 is 0 Å². The highest BCUT2D eigenvalue weighted by atomic mass is 15.4. The Labute approximate surface area is 122 Å². The predicted molar refractivity (Wildman–Crippen MR) is 78.8 cm³/mol. The van der Waals surface area contributed by atoms with E-state index in [1.54, 1.807) is 17.1 Å². The maximum atomic E-state index is 9.28. The average Bonchev–Trinajstić information content (AvgIpc) is 2.94. The topological polar surface area (TPSA) is 67.4 Å². The van der Waals surface area contributed by atoms with Gasteiger partial charge in [0, 0.05) is 18.0 Å². The Hall–Kier alpha value is -3.00. The van der Waals surface area contributed by atoms with Crippen LogP contribution in [0, 0.1) is 25.2 Å². The molecule has 0 fully saturated rings. The summed E-state index contributed by atoms with van der Waals surface area (Å²) in [6.45, 7) is 4.08. The minimum Gasteiger partial charge on any atom is -0.264 e. The first kappa shape index (κ1) is 13.0. The molecular weight excluding hydrogens is 262 g/mol. The Kier molecular flexibility index (Phi) is 3.20.